The van der Waals surface area contributed by atoms with Crippen molar-refractivity contribution in [3.8, 4) is 0 Å². The van der Waals surface area contributed by atoms with Gasteiger partial charge in [0.05, 0.1) is 24.7 Å². The fraction of sp³-hybridized carbons (Fsp3) is 0.667. The van der Waals surface area contributed by atoms with E-state index in [2.05, 4.69) is 27.1 Å². The maximum Gasteiger partial charge on any atom is 0.307 e. The van der Waals surface area contributed by atoms with Crippen molar-refractivity contribution in [2.24, 2.45) is 4.99 Å². The van der Waals surface area contributed by atoms with Gasteiger partial charge in [0.1, 0.15) is 0 Å². The van der Waals surface area contributed by atoms with Gasteiger partial charge in [0, 0.05) is 0 Å². The van der Waals surface area contributed by atoms with E-state index in [1.54, 1.807) is 6.92 Å². The maximum absolute atomic E-state index is 10.6. The fourth-order valence-electron chi connectivity index (χ4n) is 0.460. The minimum Gasteiger partial charge on any atom is -0.469 e. The summed E-state index contributed by atoms with van der Waals surface area (Å²) in [6, 6.07) is -0.120. The van der Waals surface area contributed by atoms with Crippen molar-refractivity contribution in [3.05, 3.63) is 0 Å². The van der Waals surface area contributed by atoms with Crippen molar-refractivity contribution in [1.29, 1.82) is 0 Å². The number of hydrogen-bond donors (Lipinski definition) is 0. The van der Waals surface area contributed by atoms with Crippen LogP contribution in [0, 0.1) is 0 Å². The molecular formula is C6H9NO2S. The molecule has 0 aliphatic heterocycles. The second-order valence-corrected chi connectivity index (χ2v) is 2.03. The summed E-state index contributed by atoms with van der Waals surface area (Å²) in [7, 11) is 1.34. The molecule has 4 heteroatoms. The monoisotopic (exact) mass is 159 g/mol. The molecule has 3 nitrogen and oxygen atoms in total. The van der Waals surface area contributed by atoms with E-state index in [4.69, 9.17) is 0 Å². The van der Waals surface area contributed by atoms with Gasteiger partial charge in [-0.2, -0.15) is 0 Å². The molecular weight excluding hydrogens is 150 g/mol. The maximum atomic E-state index is 10.6. The lowest BCUT2D eigenvalue weighted by molar-refractivity contribution is -0.140. The molecule has 10 heavy (non-hydrogen) atoms. The molecule has 0 saturated heterocycles. The zero-order valence-electron chi connectivity index (χ0n) is 5.96. The zero-order chi connectivity index (χ0) is 7.98. The largest absolute Gasteiger partial charge is 0.469 e. The Balaban J connectivity index is 3.67. The lowest BCUT2D eigenvalue weighted by atomic mass is 10.2. The predicted octanol–water partition coefficient (Wildman–Crippen LogP) is 1.04. The Bertz CT molecular complexity index is 163. The Labute approximate surface area is 65.1 Å². The Kier molecular flexibility index (Phi) is 4.72. The van der Waals surface area contributed by atoms with Gasteiger partial charge in [-0.3, -0.25) is 4.79 Å². The van der Waals surface area contributed by atoms with Crippen LogP contribution in [0.25, 0.3) is 0 Å². The second kappa shape index (κ2) is 5.09. The number of carbonyl (C=O) groups is 1. The fourth-order valence-corrected chi connectivity index (χ4v) is 0.640. The molecule has 0 aromatic carbocycles. The van der Waals surface area contributed by atoms with Gasteiger partial charge in [0.2, 0.25) is 0 Å². The number of hydrogen-bond acceptors (Lipinski definition) is 4. The number of aliphatic imine (C=N–C) groups is 1. The van der Waals surface area contributed by atoms with Crippen molar-refractivity contribution >= 4 is 23.3 Å². The number of methoxy groups -OCH3 is 1. The van der Waals surface area contributed by atoms with E-state index in [1.807, 2.05) is 0 Å². The van der Waals surface area contributed by atoms with E-state index in [9.17, 15) is 4.79 Å². The lowest BCUT2D eigenvalue weighted by Crippen LogP contribution is -2.08. The highest BCUT2D eigenvalue weighted by Gasteiger charge is 2.05. The normalized spacial score (nSPS) is 11.4. The average Bonchev–Trinajstić information content (AvgIpc) is 1.88. The summed E-state index contributed by atoms with van der Waals surface area (Å²) < 4.78 is 4.41. The molecule has 0 aromatic rings. The highest BCUT2D eigenvalue weighted by molar-refractivity contribution is 7.78. The van der Waals surface area contributed by atoms with Crippen LogP contribution in [0.4, 0.5) is 0 Å². The smallest absolute Gasteiger partial charge is 0.307 e. The van der Waals surface area contributed by atoms with Gasteiger partial charge in [0.25, 0.3) is 0 Å². The summed E-state index contributed by atoms with van der Waals surface area (Å²) in [6.07, 6.45) is 0.264. The second-order valence-electron chi connectivity index (χ2n) is 1.85. The van der Waals surface area contributed by atoms with Crippen molar-refractivity contribution in [3.63, 3.8) is 0 Å². The first-order valence-electron chi connectivity index (χ1n) is 2.84. The van der Waals surface area contributed by atoms with Gasteiger partial charge >= 0.3 is 5.97 Å². The van der Waals surface area contributed by atoms with E-state index < -0.39 is 0 Å². The van der Waals surface area contributed by atoms with Crippen LogP contribution in [0.3, 0.4) is 0 Å². The molecule has 0 saturated carbocycles. The van der Waals surface area contributed by atoms with Crippen LogP contribution in [0.15, 0.2) is 4.99 Å². The number of isothiocyanates is 1. The van der Waals surface area contributed by atoms with Crippen LogP contribution >= 0.6 is 12.2 Å². The molecule has 0 rings (SSSR count). The molecule has 0 amide bonds. The molecule has 1 atom stereocenters. The van der Waals surface area contributed by atoms with Gasteiger partial charge in [-0.1, -0.05) is 0 Å². The third-order valence-electron chi connectivity index (χ3n) is 0.963. The van der Waals surface area contributed by atoms with Crippen LogP contribution < -0.4 is 0 Å². The molecule has 0 heterocycles. The van der Waals surface area contributed by atoms with Crippen molar-refractivity contribution < 1.29 is 9.53 Å². The number of esters is 1. The topological polar surface area (TPSA) is 38.7 Å². The van der Waals surface area contributed by atoms with E-state index in [0.717, 1.165) is 0 Å². The molecule has 0 bridgehead atoms. The minimum absolute atomic E-state index is 0.120. The third kappa shape index (κ3) is 4.18. The Hall–Kier alpha value is -0.730. The summed E-state index contributed by atoms with van der Waals surface area (Å²) in [5.41, 5.74) is 0. The Morgan fingerprint density at radius 3 is 2.90 bits per heavy atom. The van der Waals surface area contributed by atoms with Gasteiger partial charge in [0.15, 0.2) is 0 Å². The van der Waals surface area contributed by atoms with E-state index in [1.165, 1.54) is 7.11 Å². The summed E-state index contributed by atoms with van der Waals surface area (Å²) in [5.74, 6) is -0.276. The number of ether oxygens (including phenoxy) is 1. The van der Waals surface area contributed by atoms with E-state index in [0.29, 0.717) is 0 Å². The standard InChI is InChI=1S/C6H9NO2S/c1-5(7-4-10)3-6(8)9-2/h5H,3H2,1-2H3. The van der Waals surface area contributed by atoms with Crippen LogP contribution in [0.1, 0.15) is 13.3 Å². The number of thiocarbonyl (C=S) groups is 1. The quantitative estimate of drug-likeness (QED) is 0.351. The SMILES string of the molecule is COC(=O)CC(C)N=C=S. The van der Waals surface area contributed by atoms with Crippen LogP contribution in [-0.4, -0.2) is 24.3 Å². The predicted molar refractivity (Wildman–Crippen MR) is 41.1 cm³/mol. The summed E-state index contributed by atoms with van der Waals surface area (Å²) >= 11 is 4.35. The average molecular weight is 159 g/mol. The summed E-state index contributed by atoms with van der Waals surface area (Å²) in [4.78, 5) is 14.2. The van der Waals surface area contributed by atoms with E-state index in [-0.39, 0.29) is 18.4 Å². The van der Waals surface area contributed by atoms with Gasteiger partial charge in [-0.25, -0.2) is 4.99 Å². The van der Waals surface area contributed by atoms with Crippen molar-refractivity contribution in [2.45, 2.75) is 19.4 Å². The third-order valence-corrected chi connectivity index (χ3v) is 1.07. The highest BCUT2D eigenvalue weighted by atomic mass is 32.1. The lowest BCUT2D eigenvalue weighted by Gasteiger charge is -2.00. The van der Waals surface area contributed by atoms with Crippen molar-refractivity contribution in [2.75, 3.05) is 7.11 Å². The first kappa shape index (κ1) is 9.27. The first-order chi connectivity index (χ1) is 4.70. The summed E-state index contributed by atoms with van der Waals surface area (Å²) in [5, 5.41) is 2.20. The number of nitrogens with zero attached hydrogens (tertiary/aromatic N) is 1. The molecule has 56 valence electrons. The summed E-state index contributed by atoms with van der Waals surface area (Å²) in [6.45, 7) is 1.77. The Morgan fingerprint density at radius 1 is 1.90 bits per heavy atom. The number of carbonyl (C=O) groups excluding carboxylic acids is 1. The van der Waals surface area contributed by atoms with Gasteiger partial charge in [-0.05, 0) is 19.1 Å². The molecule has 0 N–H and O–H groups in total. The van der Waals surface area contributed by atoms with E-state index >= 15 is 0 Å². The van der Waals surface area contributed by atoms with Crippen molar-refractivity contribution in [1.82, 2.24) is 0 Å². The molecule has 0 radical (unpaired) electrons. The van der Waals surface area contributed by atoms with Gasteiger partial charge < -0.3 is 4.74 Å². The molecule has 0 spiro atoms. The first-order valence-corrected chi connectivity index (χ1v) is 3.25. The van der Waals surface area contributed by atoms with Crippen LogP contribution in [0.5, 0.6) is 0 Å². The molecule has 1 unspecified atom stereocenters. The highest BCUT2D eigenvalue weighted by Crippen LogP contribution is 1.96. The van der Waals surface area contributed by atoms with Gasteiger partial charge in [-0.15, -0.1) is 0 Å². The van der Waals surface area contributed by atoms with Crippen LogP contribution in [-0.2, 0) is 9.53 Å². The zero-order valence-corrected chi connectivity index (χ0v) is 6.77. The molecule has 0 aliphatic rings. The number of rotatable bonds is 3. The molecule has 0 aliphatic carbocycles. The van der Waals surface area contributed by atoms with Crippen LogP contribution in [0.2, 0.25) is 0 Å². The minimum atomic E-state index is -0.276. The Morgan fingerprint density at radius 2 is 2.50 bits per heavy atom. The molecule has 0 aromatic heterocycles. The molecule has 0 fully saturated rings.